The molecule has 5 aromatic rings. The zero-order chi connectivity index (χ0) is 32.3. The Morgan fingerprint density at radius 3 is 2.50 bits per heavy atom. The number of carbonyl (C=O) groups is 2. The van der Waals surface area contributed by atoms with Crippen LogP contribution in [0.3, 0.4) is 0 Å². The molecule has 232 valence electrons. The molecule has 0 radical (unpaired) electrons. The number of hydrogen-bond acceptors (Lipinski definition) is 7. The molecule has 1 saturated carbocycles. The third-order valence-electron chi connectivity index (χ3n) is 9.27. The third-order valence-corrected chi connectivity index (χ3v) is 9.27. The summed E-state index contributed by atoms with van der Waals surface area (Å²) in [6.07, 6.45) is 2.71. The van der Waals surface area contributed by atoms with Crippen molar-refractivity contribution < 1.29 is 9.59 Å². The van der Waals surface area contributed by atoms with Gasteiger partial charge < -0.3 is 4.57 Å². The fraction of sp³-hybridized carbons (Fsp3) is 0.343. The molecule has 4 heterocycles. The van der Waals surface area contributed by atoms with Crippen LogP contribution in [0.4, 0.5) is 0 Å². The first-order valence-corrected chi connectivity index (χ1v) is 15.5. The van der Waals surface area contributed by atoms with Gasteiger partial charge in [-0.05, 0) is 58.2 Å². The molecule has 11 heteroatoms. The van der Waals surface area contributed by atoms with Gasteiger partial charge in [0.2, 0.25) is 0 Å². The maximum Gasteiger partial charge on any atom is 0.332 e. The minimum atomic E-state index is -0.521. The van der Waals surface area contributed by atoms with Crippen molar-refractivity contribution in [2.24, 2.45) is 7.05 Å². The highest BCUT2D eigenvalue weighted by atomic mass is 16.2. The van der Waals surface area contributed by atoms with Crippen molar-refractivity contribution in [2.45, 2.75) is 71.5 Å². The Kier molecular flexibility index (Phi) is 7.15. The first-order chi connectivity index (χ1) is 22.2. The van der Waals surface area contributed by atoms with E-state index < -0.39 is 11.2 Å². The number of aromatic nitrogens is 6. The van der Waals surface area contributed by atoms with Gasteiger partial charge in [0.25, 0.3) is 17.4 Å². The summed E-state index contributed by atoms with van der Waals surface area (Å²) in [5, 5.41) is 0.907. The molecule has 1 aliphatic heterocycles. The molecule has 0 spiro atoms. The molecule has 2 amide bonds. The van der Waals surface area contributed by atoms with E-state index in [4.69, 9.17) is 4.98 Å². The number of carbonyl (C=O) groups excluding carboxylic acids is 2. The van der Waals surface area contributed by atoms with Gasteiger partial charge >= 0.3 is 5.69 Å². The largest absolute Gasteiger partial charge is 0.332 e. The van der Waals surface area contributed by atoms with Gasteiger partial charge in [-0.3, -0.25) is 28.4 Å². The summed E-state index contributed by atoms with van der Waals surface area (Å²) in [6.45, 7) is 5.61. The van der Waals surface area contributed by atoms with E-state index in [1.54, 1.807) is 30.7 Å². The number of para-hydroxylation sites is 1. The Morgan fingerprint density at radius 2 is 1.70 bits per heavy atom. The summed E-state index contributed by atoms with van der Waals surface area (Å²) in [4.78, 5) is 70.1. The summed E-state index contributed by atoms with van der Waals surface area (Å²) in [7, 11) is 1.60. The van der Waals surface area contributed by atoms with Crippen LogP contribution >= 0.6 is 0 Å². The Hall–Kier alpha value is -5.37. The fourth-order valence-corrected chi connectivity index (χ4v) is 7.00. The van der Waals surface area contributed by atoms with Crippen LogP contribution in [0.1, 0.15) is 82.1 Å². The molecule has 1 unspecified atom stereocenters. The Morgan fingerprint density at radius 1 is 0.913 bits per heavy atom. The molecule has 0 saturated heterocycles. The molecule has 7 rings (SSSR count). The van der Waals surface area contributed by atoms with Gasteiger partial charge in [-0.15, -0.1) is 5.92 Å². The summed E-state index contributed by atoms with van der Waals surface area (Å²) in [5.74, 6) is 6.27. The quantitative estimate of drug-likeness (QED) is 0.217. The lowest BCUT2D eigenvalue weighted by atomic mass is 9.84. The van der Waals surface area contributed by atoms with Crippen LogP contribution in [0, 0.1) is 25.7 Å². The van der Waals surface area contributed by atoms with E-state index in [-0.39, 0.29) is 48.0 Å². The first-order valence-electron chi connectivity index (χ1n) is 15.5. The number of benzene rings is 2. The number of amides is 2. The molecule has 1 fully saturated rings. The minimum absolute atomic E-state index is 0.0994. The number of fused-ring (bicyclic) bond motifs is 3. The second-order valence-electron chi connectivity index (χ2n) is 12.2. The summed E-state index contributed by atoms with van der Waals surface area (Å²) < 4.78 is 4.34. The van der Waals surface area contributed by atoms with Crippen molar-refractivity contribution in [3.05, 3.63) is 97.3 Å². The molecule has 46 heavy (non-hydrogen) atoms. The molecular formula is C35H33N7O4. The molecule has 3 aromatic heterocycles. The average molecular weight is 616 g/mol. The minimum Gasteiger partial charge on any atom is -0.310 e. The van der Waals surface area contributed by atoms with Crippen molar-refractivity contribution in [2.75, 3.05) is 0 Å². The Balaban J connectivity index is 1.29. The van der Waals surface area contributed by atoms with Crippen molar-refractivity contribution in [3.63, 3.8) is 0 Å². The highest BCUT2D eigenvalue weighted by molar-refractivity contribution is 6.21. The van der Waals surface area contributed by atoms with E-state index in [2.05, 4.69) is 21.8 Å². The number of nitrogens with zero attached hydrogens (tertiary/aromatic N) is 7. The van der Waals surface area contributed by atoms with Crippen LogP contribution in [0.5, 0.6) is 0 Å². The zero-order valence-electron chi connectivity index (χ0n) is 26.2. The van der Waals surface area contributed by atoms with Crippen molar-refractivity contribution in [3.8, 4) is 11.8 Å². The van der Waals surface area contributed by atoms with E-state index >= 15 is 0 Å². The van der Waals surface area contributed by atoms with Gasteiger partial charge in [-0.2, -0.15) is 0 Å². The van der Waals surface area contributed by atoms with E-state index in [0.29, 0.717) is 35.6 Å². The van der Waals surface area contributed by atoms with Gasteiger partial charge in [-0.1, -0.05) is 42.2 Å². The van der Waals surface area contributed by atoms with Crippen LogP contribution in [-0.4, -0.2) is 51.4 Å². The van der Waals surface area contributed by atoms with Gasteiger partial charge in [0, 0.05) is 30.1 Å². The number of imidazole rings is 1. The number of aryl methyl sites for hydroxylation is 3. The molecule has 0 N–H and O–H groups in total. The molecule has 2 aromatic carbocycles. The zero-order valence-corrected chi connectivity index (χ0v) is 26.2. The second-order valence-corrected chi connectivity index (χ2v) is 12.2. The number of rotatable bonds is 5. The van der Waals surface area contributed by atoms with Gasteiger partial charge in [0.15, 0.2) is 11.2 Å². The first kappa shape index (κ1) is 29.3. The normalized spacial score (nSPS) is 17.9. The van der Waals surface area contributed by atoms with Crippen molar-refractivity contribution >= 4 is 33.9 Å². The second kappa shape index (κ2) is 11.2. The van der Waals surface area contributed by atoms with Crippen molar-refractivity contribution in [1.29, 1.82) is 0 Å². The van der Waals surface area contributed by atoms with Crippen LogP contribution in [-0.2, 0) is 20.1 Å². The van der Waals surface area contributed by atoms with E-state index in [1.165, 1.54) is 9.47 Å². The lowest BCUT2D eigenvalue weighted by Crippen LogP contribution is -2.42. The standard InChI is InChI=1S/C35H33N7O4/c1-5-6-16-40-29-31(39(4)35(46)41(34(29)45)19-28-36-21(3)24-12-7-8-13-27(24)37-28)38-30(40)22-10-9-11-23(18-22)42-32(43)25-15-14-20(2)17-26(25)33(42)44/h7-8,12-15,17,22-23H,9-11,16,18-19H2,1-4H3/t22?,23-/m0/s1. The average Bonchev–Trinajstić information content (AvgIpc) is 3.55. The van der Waals surface area contributed by atoms with Gasteiger partial charge in [-0.25, -0.2) is 19.7 Å². The highest BCUT2D eigenvalue weighted by Gasteiger charge is 2.42. The highest BCUT2D eigenvalue weighted by Crippen LogP contribution is 2.38. The maximum atomic E-state index is 14.1. The molecule has 2 atom stereocenters. The molecule has 1 aliphatic carbocycles. The molecule has 2 aliphatic rings. The summed E-state index contributed by atoms with van der Waals surface area (Å²) in [6, 6.07) is 12.6. The molecule has 11 nitrogen and oxygen atoms in total. The lowest BCUT2D eigenvalue weighted by molar-refractivity contribution is 0.0537. The predicted octanol–water partition coefficient (Wildman–Crippen LogP) is 3.85. The lowest BCUT2D eigenvalue weighted by Gasteiger charge is -2.34. The molecular weight excluding hydrogens is 582 g/mol. The number of hydrogen-bond donors (Lipinski definition) is 0. The maximum absolute atomic E-state index is 14.1. The Bertz CT molecular complexity index is 2280. The monoisotopic (exact) mass is 615 g/mol. The van der Waals surface area contributed by atoms with E-state index in [1.807, 2.05) is 44.2 Å². The number of imide groups is 1. The summed E-state index contributed by atoms with van der Waals surface area (Å²) >= 11 is 0. The predicted molar refractivity (Wildman–Crippen MR) is 173 cm³/mol. The van der Waals surface area contributed by atoms with Crippen LogP contribution in [0.25, 0.3) is 22.1 Å². The topological polar surface area (TPSA) is 125 Å². The van der Waals surface area contributed by atoms with E-state index in [0.717, 1.165) is 39.6 Å². The summed E-state index contributed by atoms with van der Waals surface area (Å²) in [5.41, 5.74) is 2.83. The Labute approximate surface area is 264 Å². The smallest absolute Gasteiger partial charge is 0.310 e. The van der Waals surface area contributed by atoms with E-state index in [9.17, 15) is 19.2 Å². The van der Waals surface area contributed by atoms with Gasteiger partial charge in [0.05, 0.1) is 29.7 Å². The molecule has 0 bridgehead atoms. The fourth-order valence-electron chi connectivity index (χ4n) is 7.00. The third kappa shape index (κ3) is 4.64. The SMILES string of the molecule is CC#CCn1c(C2CCC[C@H](N3C(=O)c4ccc(C)cc4C3=O)C2)nc2c1c(=O)n(Cc1nc(C)c3ccccc3n1)c(=O)n2C. The van der Waals surface area contributed by atoms with Crippen LogP contribution in [0.2, 0.25) is 0 Å². The van der Waals surface area contributed by atoms with Gasteiger partial charge in [0.1, 0.15) is 11.6 Å². The van der Waals surface area contributed by atoms with Crippen molar-refractivity contribution in [1.82, 2.24) is 33.6 Å². The van der Waals surface area contributed by atoms with Crippen LogP contribution < -0.4 is 11.2 Å². The van der Waals surface area contributed by atoms with Crippen LogP contribution in [0.15, 0.2) is 52.1 Å².